The van der Waals surface area contributed by atoms with Crippen LogP contribution in [0.25, 0.3) is 0 Å². The van der Waals surface area contributed by atoms with Crippen molar-refractivity contribution in [3.63, 3.8) is 0 Å². The zero-order valence-corrected chi connectivity index (χ0v) is 13.7. The molecular weight excluding hydrogens is 310 g/mol. The molecule has 0 amide bonds. The number of nitrogens with zero attached hydrogens (tertiary/aromatic N) is 4. The third-order valence-corrected chi connectivity index (χ3v) is 4.54. The molecule has 0 radical (unpaired) electrons. The van der Waals surface area contributed by atoms with Gasteiger partial charge in [-0.2, -0.15) is 4.98 Å². The Kier molecular flexibility index (Phi) is 3.95. The van der Waals surface area contributed by atoms with E-state index in [1.54, 1.807) is 0 Å². The number of hydrogen-bond donors (Lipinski definition) is 1. The van der Waals surface area contributed by atoms with Crippen LogP contribution in [0.4, 0.5) is 17.5 Å². The topological polar surface area (TPSA) is 44.3 Å². The van der Waals surface area contributed by atoms with Crippen LogP contribution in [0.15, 0.2) is 36.5 Å². The summed E-state index contributed by atoms with van der Waals surface area (Å²) in [5, 5.41) is 4.22. The highest BCUT2D eigenvalue weighted by Crippen LogP contribution is 2.25. The molecule has 2 aliphatic rings. The molecule has 2 aromatic rings. The highest BCUT2D eigenvalue weighted by molar-refractivity contribution is 6.30. The van der Waals surface area contributed by atoms with Crippen LogP contribution in [-0.4, -0.2) is 42.2 Å². The molecule has 1 aromatic carbocycles. The van der Waals surface area contributed by atoms with Crippen molar-refractivity contribution in [1.29, 1.82) is 0 Å². The molecule has 0 unspecified atom stereocenters. The Morgan fingerprint density at radius 2 is 1.83 bits per heavy atom. The summed E-state index contributed by atoms with van der Waals surface area (Å²) in [5.74, 6) is 1.76. The van der Waals surface area contributed by atoms with Crippen molar-refractivity contribution >= 4 is 29.1 Å². The van der Waals surface area contributed by atoms with E-state index < -0.39 is 0 Å². The number of piperazine rings is 1. The minimum atomic E-state index is 0.609. The molecule has 1 N–H and O–H groups in total. The van der Waals surface area contributed by atoms with Gasteiger partial charge in [0.15, 0.2) is 0 Å². The molecule has 2 heterocycles. The molecule has 6 heteroatoms. The molecule has 1 saturated heterocycles. The van der Waals surface area contributed by atoms with Gasteiger partial charge in [0.2, 0.25) is 5.95 Å². The molecule has 120 valence electrons. The maximum absolute atomic E-state index is 6.09. The molecule has 0 atom stereocenters. The van der Waals surface area contributed by atoms with Crippen molar-refractivity contribution in [3.05, 3.63) is 41.6 Å². The molecule has 2 fully saturated rings. The Labute approximate surface area is 141 Å². The monoisotopic (exact) mass is 329 g/mol. The van der Waals surface area contributed by atoms with E-state index in [9.17, 15) is 0 Å². The minimum Gasteiger partial charge on any atom is -0.368 e. The Morgan fingerprint density at radius 1 is 1.04 bits per heavy atom. The molecule has 0 bridgehead atoms. The average Bonchev–Trinajstić information content (AvgIpc) is 3.39. The van der Waals surface area contributed by atoms with Crippen molar-refractivity contribution in [2.75, 3.05) is 41.3 Å². The second-order valence-corrected chi connectivity index (χ2v) is 6.55. The van der Waals surface area contributed by atoms with Gasteiger partial charge in [-0.25, -0.2) is 4.98 Å². The number of halogens is 1. The Balaban J connectivity index is 1.41. The Bertz CT molecular complexity index is 680. The number of benzene rings is 1. The van der Waals surface area contributed by atoms with E-state index >= 15 is 0 Å². The number of rotatable bonds is 4. The highest BCUT2D eigenvalue weighted by atomic mass is 35.5. The lowest BCUT2D eigenvalue weighted by molar-refractivity contribution is 0.640. The zero-order chi connectivity index (χ0) is 15.6. The molecule has 1 saturated carbocycles. The van der Waals surface area contributed by atoms with Gasteiger partial charge in [-0.15, -0.1) is 0 Å². The first-order valence-corrected chi connectivity index (χ1v) is 8.51. The second-order valence-electron chi connectivity index (χ2n) is 6.11. The lowest BCUT2D eigenvalue weighted by atomic mass is 10.2. The first kappa shape index (κ1) is 14.6. The van der Waals surface area contributed by atoms with E-state index in [-0.39, 0.29) is 0 Å². The van der Waals surface area contributed by atoms with E-state index in [4.69, 9.17) is 11.6 Å². The Morgan fingerprint density at radius 3 is 2.57 bits per heavy atom. The van der Waals surface area contributed by atoms with Crippen LogP contribution in [0.1, 0.15) is 12.8 Å². The van der Waals surface area contributed by atoms with Crippen LogP contribution in [0.2, 0.25) is 5.02 Å². The lowest BCUT2D eigenvalue weighted by Gasteiger charge is -2.36. The van der Waals surface area contributed by atoms with Crippen molar-refractivity contribution in [2.24, 2.45) is 0 Å². The maximum Gasteiger partial charge on any atom is 0.227 e. The molecule has 1 aliphatic carbocycles. The summed E-state index contributed by atoms with van der Waals surface area (Å²) in [6, 6.07) is 10.6. The zero-order valence-electron chi connectivity index (χ0n) is 13.0. The normalized spacial score (nSPS) is 18.1. The fourth-order valence-corrected chi connectivity index (χ4v) is 3.04. The first-order valence-electron chi connectivity index (χ1n) is 8.13. The summed E-state index contributed by atoms with van der Waals surface area (Å²) >= 11 is 6.09. The van der Waals surface area contributed by atoms with Gasteiger partial charge in [-0.05, 0) is 37.1 Å². The van der Waals surface area contributed by atoms with Gasteiger partial charge in [0.05, 0.1) is 0 Å². The van der Waals surface area contributed by atoms with Crippen molar-refractivity contribution in [2.45, 2.75) is 18.9 Å². The predicted octanol–water partition coefficient (Wildman–Crippen LogP) is 3.03. The summed E-state index contributed by atoms with van der Waals surface area (Å²) in [6.45, 7) is 3.73. The molecule has 1 aromatic heterocycles. The number of anilines is 3. The maximum atomic E-state index is 6.09. The van der Waals surface area contributed by atoms with Crippen LogP contribution in [0, 0.1) is 0 Å². The largest absolute Gasteiger partial charge is 0.368 e. The molecule has 5 nitrogen and oxygen atoms in total. The van der Waals surface area contributed by atoms with Gasteiger partial charge in [0.25, 0.3) is 0 Å². The van der Waals surface area contributed by atoms with E-state index in [0.29, 0.717) is 6.04 Å². The standard InChI is InChI=1S/C17H20ClN5/c18-13-2-1-3-15(12-13)22-8-10-23(11-9-22)17-19-7-6-16(21-17)20-14-4-5-14/h1-3,6-7,12,14H,4-5,8-11H2,(H,19,20,21). The summed E-state index contributed by atoms with van der Waals surface area (Å²) in [5.41, 5.74) is 1.18. The molecule has 4 rings (SSSR count). The lowest BCUT2D eigenvalue weighted by Crippen LogP contribution is -2.47. The average molecular weight is 330 g/mol. The number of nitrogens with one attached hydrogen (secondary N) is 1. The quantitative estimate of drug-likeness (QED) is 0.934. The van der Waals surface area contributed by atoms with E-state index in [0.717, 1.165) is 43.0 Å². The predicted molar refractivity (Wildman–Crippen MR) is 94.6 cm³/mol. The summed E-state index contributed by atoms with van der Waals surface area (Å²) < 4.78 is 0. The minimum absolute atomic E-state index is 0.609. The molecule has 1 aliphatic heterocycles. The Hall–Kier alpha value is -2.01. The van der Waals surface area contributed by atoms with E-state index in [2.05, 4.69) is 31.2 Å². The van der Waals surface area contributed by atoms with Crippen molar-refractivity contribution in [3.8, 4) is 0 Å². The molecule has 0 spiro atoms. The van der Waals surface area contributed by atoms with Gasteiger partial charge >= 0.3 is 0 Å². The smallest absolute Gasteiger partial charge is 0.227 e. The van der Waals surface area contributed by atoms with E-state index in [1.165, 1.54) is 18.5 Å². The van der Waals surface area contributed by atoms with Gasteiger partial charge in [-0.1, -0.05) is 17.7 Å². The summed E-state index contributed by atoms with van der Waals surface area (Å²) in [4.78, 5) is 13.7. The fourth-order valence-electron chi connectivity index (χ4n) is 2.86. The van der Waals surface area contributed by atoms with Gasteiger partial charge < -0.3 is 15.1 Å². The molecule has 23 heavy (non-hydrogen) atoms. The van der Waals surface area contributed by atoms with Crippen LogP contribution in [0.3, 0.4) is 0 Å². The molecular formula is C17H20ClN5. The summed E-state index contributed by atoms with van der Waals surface area (Å²) in [7, 11) is 0. The van der Waals surface area contributed by atoms with E-state index in [1.807, 2.05) is 30.5 Å². The van der Waals surface area contributed by atoms with Gasteiger partial charge in [0, 0.05) is 49.1 Å². The number of aromatic nitrogens is 2. The van der Waals surface area contributed by atoms with Crippen LogP contribution < -0.4 is 15.1 Å². The fraction of sp³-hybridized carbons (Fsp3) is 0.412. The summed E-state index contributed by atoms with van der Waals surface area (Å²) in [6.07, 6.45) is 4.34. The van der Waals surface area contributed by atoms with Crippen LogP contribution in [-0.2, 0) is 0 Å². The van der Waals surface area contributed by atoms with Crippen molar-refractivity contribution < 1.29 is 0 Å². The van der Waals surface area contributed by atoms with Crippen molar-refractivity contribution in [1.82, 2.24) is 9.97 Å². The highest BCUT2D eigenvalue weighted by Gasteiger charge is 2.23. The van der Waals surface area contributed by atoms with Gasteiger partial charge in [-0.3, -0.25) is 0 Å². The van der Waals surface area contributed by atoms with Crippen LogP contribution in [0.5, 0.6) is 0 Å². The first-order chi connectivity index (χ1) is 11.3. The number of hydrogen-bond acceptors (Lipinski definition) is 5. The third kappa shape index (κ3) is 3.50. The third-order valence-electron chi connectivity index (χ3n) is 4.31. The SMILES string of the molecule is Clc1cccc(N2CCN(c3nccc(NC4CC4)n3)CC2)c1. The van der Waals surface area contributed by atoms with Gasteiger partial charge in [0.1, 0.15) is 5.82 Å². The van der Waals surface area contributed by atoms with Crippen LogP contribution >= 0.6 is 11.6 Å². The second kappa shape index (κ2) is 6.24.